The maximum atomic E-state index is 12.3. The lowest BCUT2D eigenvalue weighted by Gasteiger charge is -2.17. The normalized spacial score (nSPS) is 11.2. The van der Waals surface area contributed by atoms with E-state index in [1.165, 1.54) is 6.07 Å². The van der Waals surface area contributed by atoms with Crippen molar-refractivity contribution in [3.8, 4) is 17.0 Å². The van der Waals surface area contributed by atoms with Gasteiger partial charge < -0.3 is 9.84 Å². The quantitative estimate of drug-likeness (QED) is 0.343. The fourth-order valence-corrected chi connectivity index (χ4v) is 3.64. The molecule has 3 nitrogen and oxygen atoms in total. The highest BCUT2D eigenvalue weighted by Crippen LogP contribution is 2.30. The van der Waals surface area contributed by atoms with Crippen molar-refractivity contribution in [1.82, 2.24) is 4.98 Å². The van der Waals surface area contributed by atoms with Crippen molar-refractivity contribution < 1.29 is 23.0 Å². The second-order valence-corrected chi connectivity index (χ2v) is 8.39. The highest BCUT2D eigenvalue weighted by atomic mass is 35.5. The predicted molar refractivity (Wildman–Crippen MR) is 131 cm³/mol. The fourth-order valence-electron chi connectivity index (χ4n) is 3.40. The van der Waals surface area contributed by atoms with Gasteiger partial charge in [0.1, 0.15) is 6.10 Å². The first kappa shape index (κ1) is 27.7. The van der Waals surface area contributed by atoms with Gasteiger partial charge in [-0.2, -0.15) is 13.2 Å². The molecule has 2 aromatic carbocycles. The Morgan fingerprint density at radius 2 is 1.68 bits per heavy atom. The molecule has 3 aromatic rings. The largest absolute Gasteiger partial charge is 0.474 e. The number of alkyl halides is 3. The number of hydrogen-bond acceptors (Lipinski definition) is 3. The molecule has 0 spiro atoms. The lowest BCUT2D eigenvalue weighted by atomic mass is 10.00. The molecule has 0 aliphatic heterocycles. The topological polar surface area (TPSA) is 42.4 Å². The first-order chi connectivity index (χ1) is 16.2. The van der Waals surface area contributed by atoms with Crippen LogP contribution in [-0.4, -0.2) is 16.2 Å². The van der Waals surface area contributed by atoms with Crippen molar-refractivity contribution in [2.75, 3.05) is 0 Å². The van der Waals surface area contributed by atoms with Gasteiger partial charge in [-0.25, -0.2) is 4.98 Å². The zero-order chi connectivity index (χ0) is 25.1. The lowest BCUT2D eigenvalue weighted by Crippen LogP contribution is -2.16. The molecular weight excluding hydrogens is 463 g/mol. The molecule has 0 amide bonds. The maximum Gasteiger partial charge on any atom is 0.417 e. The van der Waals surface area contributed by atoms with Crippen molar-refractivity contribution in [3.63, 3.8) is 0 Å². The Balaban J connectivity index is 0.000000241. The molecule has 0 bridgehead atoms. The van der Waals surface area contributed by atoms with Crippen molar-refractivity contribution in [1.29, 1.82) is 0 Å². The summed E-state index contributed by atoms with van der Waals surface area (Å²) >= 11 is 6.13. The van der Waals surface area contributed by atoms with E-state index in [2.05, 4.69) is 4.98 Å². The second-order valence-electron chi connectivity index (χ2n) is 7.98. The third-order valence-electron chi connectivity index (χ3n) is 5.28. The van der Waals surface area contributed by atoms with E-state index in [4.69, 9.17) is 16.3 Å². The van der Waals surface area contributed by atoms with Crippen LogP contribution in [0.15, 0.2) is 60.8 Å². The Morgan fingerprint density at radius 3 is 2.21 bits per heavy atom. The Hall–Kier alpha value is -2.57. The summed E-state index contributed by atoms with van der Waals surface area (Å²) < 4.78 is 42.6. The summed E-state index contributed by atoms with van der Waals surface area (Å²) in [5.41, 5.74) is 3.33. The van der Waals surface area contributed by atoms with Crippen molar-refractivity contribution in [2.45, 2.75) is 65.3 Å². The molecule has 0 saturated heterocycles. The number of aliphatic hydroxyl groups excluding tert-OH is 1. The molecule has 7 heteroatoms. The second kappa shape index (κ2) is 13.4. The molecule has 0 unspecified atom stereocenters. The van der Waals surface area contributed by atoms with Crippen LogP contribution in [0, 0.1) is 6.92 Å². The SMILES string of the molecule is CCCC(CCC)Oc1ccc(C(F)(F)F)cn1.Cc1ccc(-c2ccccc2Cl)cc1CO. The van der Waals surface area contributed by atoms with Crippen LogP contribution >= 0.6 is 11.6 Å². The Bertz CT molecular complexity index is 1020. The molecule has 34 heavy (non-hydrogen) atoms. The van der Waals surface area contributed by atoms with Gasteiger partial charge >= 0.3 is 6.18 Å². The smallest absolute Gasteiger partial charge is 0.417 e. The summed E-state index contributed by atoms with van der Waals surface area (Å²) in [6.07, 6.45) is 0.218. The number of aliphatic hydroxyl groups is 1. The van der Waals surface area contributed by atoms with E-state index < -0.39 is 11.7 Å². The minimum Gasteiger partial charge on any atom is -0.474 e. The lowest BCUT2D eigenvalue weighted by molar-refractivity contribution is -0.137. The number of hydrogen-bond donors (Lipinski definition) is 1. The molecule has 0 aliphatic carbocycles. The highest BCUT2D eigenvalue weighted by Gasteiger charge is 2.30. The van der Waals surface area contributed by atoms with Gasteiger partial charge in [0.2, 0.25) is 5.88 Å². The van der Waals surface area contributed by atoms with Gasteiger partial charge in [-0.05, 0) is 54.7 Å². The molecule has 184 valence electrons. The number of halogens is 4. The van der Waals surface area contributed by atoms with Gasteiger partial charge in [0.05, 0.1) is 12.2 Å². The summed E-state index contributed by atoms with van der Waals surface area (Å²) in [7, 11) is 0. The Kier molecular flexibility index (Phi) is 10.9. The van der Waals surface area contributed by atoms with Crippen LogP contribution < -0.4 is 4.74 Å². The van der Waals surface area contributed by atoms with Crippen molar-refractivity contribution in [2.24, 2.45) is 0 Å². The summed E-state index contributed by atoms with van der Waals surface area (Å²) in [5, 5.41) is 9.96. The molecule has 1 N–H and O–H groups in total. The van der Waals surface area contributed by atoms with E-state index in [-0.39, 0.29) is 18.6 Å². The summed E-state index contributed by atoms with van der Waals surface area (Å²) in [6.45, 7) is 6.14. The van der Waals surface area contributed by atoms with Crippen LogP contribution in [0.4, 0.5) is 13.2 Å². The van der Waals surface area contributed by atoms with E-state index in [1.54, 1.807) is 0 Å². The van der Waals surface area contributed by atoms with Gasteiger partial charge in [0.25, 0.3) is 0 Å². The molecule has 0 atom stereocenters. The zero-order valence-electron chi connectivity index (χ0n) is 19.7. The highest BCUT2D eigenvalue weighted by molar-refractivity contribution is 6.33. The van der Waals surface area contributed by atoms with Crippen LogP contribution in [-0.2, 0) is 12.8 Å². The zero-order valence-corrected chi connectivity index (χ0v) is 20.5. The minimum absolute atomic E-state index is 0.0317. The number of benzene rings is 2. The van der Waals surface area contributed by atoms with Crippen LogP contribution in [0.3, 0.4) is 0 Å². The minimum atomic E-state index is -4.35. The molecule has 3 rings (SSSR count). The number of rotatable bonds is 8. The van der Waals surface area contributed by atoms with Crippen LogP contribution in [0.2, 0.25) is 5.02 Å². The maximum absolute atomic E-state index is 12.3. The molecule has 0 radical (unpaired) electrons. The molecule has 0 saturated carbocycles. The third-order valence-corrected chi connectivity index (χ3v) is 5.61. The summed E-state index contributed by atoms with van der Waals surface area (Å²) in [6, 6.07) is 16.0. The van der Waals surface area contributed by atoms with Gasteiger partial charge in [-0.15, -0.1) is 0 Å². The average molecular weight is 494 g/mol. The summed E-state index contributed by atoms with van der Waals surface area (Å²) in [4.78, 5) is 3.71. The number of nitrogens with zero attached hydrogens (tertiary/aromatic N) is 1. The number of pyridine rings is 1. The van der Waals surface area contributed by atoms with Crippen LogP contribution in [0.25, 0.3) is 11.1 Å². The standard InChI is InChI=1S/C14H13ClO.C13H18F3NO/c1-10-6-7-11(8-12(10)9-16)13-4-2-3-5-14(13)15;1-3-5-11(6-4-2)18-12-8-7-10(9-17-12)13(14,15)16/h2-8,16H,9H2,1H3;7-9,11H,3-6H2,1-2H3. The third kappa shape index (κ3) is 8.33. The van der Waals surface area contributed by atoms with Gasteiger partial charge in [0.15, 0.2) is 0 Å². The number of aryl methyl sites for hydroxylation is 1. The molecular formula is C27H31ClF3NO2. The number of ether oxygens (including phenoxy) is 1. The summed E-state index contributed by atoms with van der Waals surface area (Å²) in [5.74, 6) is 0.259. The van der Waals surface area contributed by atoms with Crippen molar-refractivity contribution in [3.05, 3.63) is 82.5 Å². The molecule has 1 aromatic heterocycles. The first-order valence-electron chi connectivity index (χ1n) is 11.3. The van der Waals surface area contributed by atoms with Crippen LogP contribution in [0.5, 0.6) is 5.88 Å². The Morgan fingerprint density at radius 1 is 1.00 bits per heavy atom. The van der Waals surface area contributed by atoms with Crippen LogP contribution in [0.1, 0.15) is 56.2 Å². The van der Waals surface area contributed by atoms with E-state index in [0.717, 1.165) is 65.2 Å². The predicted octanol–water partition coefficient (Wildman–Crippen LogP) is 8.26. The molecule has 1 heterocycles. The Labute approximate surface area is 204 Å². The van der Waals surface area contributed by atoms with E-state index >= 15 is 0 Å². The van der Waals surface area contributed by atoms with Gasteiger partial charge in [0, 0.05) is 22.8 Å². The fraction of sp³-hybridized carbons (Fsp3) is 0.370. The van der Waals surface area contributed by atoms with Crippen molar-refractivity contribution >= 4 is 11.6 Å². The van der Waals surface area contributed by atoms with Gasteiger partial charge in [-0.1, -0.05) is 68.6 Å². The molecule has 0 aliphatic rings. The monoisotopic (exact) mass is 493 g/mol. The van der Waals surface area contributed by atoms with E-state index in [1.807, 2.05) is 63.2 Å². The van der Waals surface area contributed by atoms with E-state index in [0.29, 0.717) is 0 Å². The average Bonchev–Trinajstić information content (AvgIpc) is 2.80. The first-order valence-corrected chi connectivity index (χ1v) is 11.7. The number of aromatic nitrogens is 1. The molecule has 0 fully saturated rings. The van der Waals surface area contributed by atoms with E-state index in [9.17, 15) is 18.3 Å². The van der Waals surface area contributed by atoms with Gasteiger partial charge in [-0.3, -0.25) is 0 Å².